The topological polar surface area (TPSA) is 12.0 Å². The molecule has 0 aliphatic heterocycles. The lowest BCUT2D eigenvalue weighted by molar-refractivity contribution is 0.809. The van der Waals surface area contributed by atoms with Gasteiger partial charge in [0.1, 0.15) is 0 Å². The van der Waals surface area contributed by atoms with Crippen LogP contribution in [0.25, 0.3) is 6.08 Å². The Balaban J connectivity index is 2.61. The van der Waals surface area contributed by atoms with Gasteiger partial charge in [-0.3, -0.25) is 0 Å². The molecule has 0 radical (unpaired) electrons. The maximum atomic E-state index is 3.48. The molecule has 0 saturated carbocycles. The molecular formula is C12H16BrN. The zero-order valence-corrected chi connectivity index (χ0v) is 10.0. The van der Waals surface area contributed by atoms with Crippen molar-refractivity contribution < 1.29 is 0 Å². The molecule has 0 atom stereocenters. The van der Waals surface area contributed by atoms with Crippen molar-refractivity contribution in [2.24, 2.45) is 0 Å². The van der Waals surface area contributed by atoms with Gasteiger partial charge in [0.05, 0.1) is 0 Å². The van der Waals surface area contributed by atoms with Crippen molar-refractivity contribution in [3.05, 3.63) is 41.5 Å². The van der Waals surface area contributed by atoms with E-state index in [0.717, 1.165) is 18.3 Å². The standard InChI is InChI=1S/C12H16BrN/c1-14-9-5-4-7-11-6-2-3-8-12(11)10-13/h2-4,6-8,14H,5,9-10H2,1H3. The van der Waals surface area contributed by atoms with E-state index in [2.05, 4.69) is 57.7 Å². The molecule has 0 amide bonds. The molecule has 0 fully saturated rings. The van der Waals surface area contributed by atoms with Crippen LogP contribution in [-0.2, 0) is 5.33 Å². The first-order valence-corrected chi connectivity index (χ1v) is 5.95. The summed E-state index contributed by atoms with van der Waals surface area (Å²) < 4.78 is 0. The fourth-order valence-corrected chi connectivity index (χ4v) is 1.77. The van der Waals surface area contributed by atoms with E-state index >= 15 is 0 Å². The zero-order chi connectivity index (χ0) is 10.2. The molecule has 0 spiro atoms. The number of halogens is 1. The smallest absolute Gasteiger partial charge is 0.0288 e. The fraction of sp³-hybridized carbons (Fsp3) is 0.333. The average molecular weight is 254 g/mol. The number of hydrogen-bond donors (Lipinski definition) is 1. The minimum atomic E-state index is 0.916. The summed E-state index contributed by atoms with van der Waals surface area (Å²) in [5, 5.41) is 4.04. The lowest BCUT2D eigenvalue weighted by Crippen LogP contribution is -2.05. The van der Waals surface area contributed by atoms with E-state index in [4.69, 9.17) is 0 Å². The second-order valence-corrected chi connectivity index (χ2v) is 3.69. The van der Waals surface area contributed by atoms with Crippen LogP contribution in [0.5, 0.6) is 0 Å². The second-order valence-electron chi connectivity index (χ2n) is 3.13. The Hall–Kier alpha value is -0.600. The Morgan fingerprint density at radius 1 is 1.36 bits per heavy atom. The fourth-order valence-electron chi connectivity index (χ4n) is 1.26. The molecule has 1 nitrogen and oxygen atoms in total. The first kappa shape index (κ1) is 11.5. The van der Waals surface area contributed by atoms with Gasteiger partial charge < -0.3 is 5.32 Å². The molecule has 0 unspecified atom stereocenters. The molecule has 0 aliphatic carbocycles. The van der Waals surface area contributed by atoms with E-state index in [9.17, 15) is 0 Å². The van der Waals surface area contributed by atoms with Gasteiger partial charge in [0.25, 0.3) is 0 Å². The number of alkyl halides is 1. The lowest BCUT2D eigenvalue weighted by atomic mass is 10.1. The third kappa shape index (κ3) is 3.64. The van der Waals surface area contributed by atoms with E-state index in [0.29, 0.717) is 0 Å². The van der Waals surface area contributed by atoms with Gasteiger partial charge in [-0.2, -0.15) is 0 Å². The molecule has 0 saturated heterocycles. The predicted molar refractivity (Wildman–Crippen MR) is 66.7 cm³/mol. The Bertz CT molecular complexity index is 294. The highest BCUT2D eigenvalue weighted by Gasteiger charge is 1.94. The third-order valence-electron chi connectivity index (χ3n) is 2.06. The van der Waals surface area contributed by atoms with Crippen LogP contribution >= 0.6 is 15.9 Å². The summed E-state index contributed by atoms with van der Waals surface area (Å²) >= 11 is 3.48. The molecule has 1 rings (SSSR count). The van der Waals surface area contributed by atoms with Gasteiger partial charge >= 0.3 is 0 Å². The highest BCUT2D eigenvalue weighted by molar-refractivity contribution is 9.08. The summed E-state index contributed by atoms with van der Waals surface area (Å²) in [6.45, 7) is 1.03. The van der Waals surface area contributed by atoms with E-state index in [1.54, 1.807) is 0 Å². The van der Waals surface area contributed by atoms with Crippen molar-refractivity contribution in [3.63, 3.8) is 0 Å². The zero-order valence-electron chi connectivity index (χ0n) is 8.46. The van der Waals surface area contributed by atoms with Crippen LogP contribution in [0.1, 0.15) is 17.5 Å². The molecule has 0 heterocycles. The Kier molecular flexibility index (Phi) is 5.57. The van der Waals surface area contributed by atoms with E-state index in [1.807, 2.05) is 7.05 Å². The summed E-state index contributed by atoms with van der Waals surface area (Å²) in [7, 11) is 1.97. The first-order chi connectivity index (χ1) is 6.88. The molecular weight excluding hydrogens is 238 g/mol. The Morgan fingerprint density at radius 2 is 2.14 bits per heavy atom. The molecule has 1 aromatic carbocycles. The highest BCUT2D eigenvalue weighted by atomic mass is 79.9. The van der Waals surface area contributed by atoms with Crippen LogP contribution in [0.3, 0.4) is 0 Å². The van der Waals surface area contributed by atoms with Crippen molar-refractivity contribution in [2.45, 2.75) is 11.8 Å². The normalized spacial score (nSPS) is 11.0. The molecule has 0 bridgehead atoms. The highest BCUT2D eigenvalue weighted by Crippen LogP contribution is 2.13. The summed E-state index contributed by atoms with van der Waals surface area (Å²) in [5.41, 5.74) is 2.65. The lowest BCUT2D eigenvalue weighted by Gasteiger charge is -2.00. The van der Waals surface area contributed by atoms with Crippen LogP contribution in [0.4, 0.5) is 0 Å². The maximum Gasteiger partial charge on any atom is 0.0288 e. The molecule has 76 valence electrons. The Morgan fingerprint density at radius 3 is 2.86 bits per heavy atom. The van der Waals surface area contributed by atoms with Crippen LogP contribution < -0.4 is 5.32 Å². The SMILES string of the molecule is CNCCC=Cc1ccccc1CBr. The number of hydrogen-bond acceptors (Lipinski definition) is 1. The quantitative estimate of drug-likeness (QED) is 0.628. The van der Waals surface area contributed by atoms with Crippen molar-refractivity contribution in [3.8, 4) is 0 Å². The molecule has 14 heavy (non-hydrogen) atoms. The van der Waals surface area contributed by atoms with Gasteiger partial charge in [-0.05, 0) is 31.1 Å². The van der Waals surface area contributed by atoms with Gasteiger partial charge in [0.15, 0.2) is 0 Å². The van der Waals surface area contributed by atoms with Crippen LogP contribution in [0.2, 0.25) is 0 Å². The minimum Gasteiger partial charge on any atom is -0.319 e. The first-order valence-electron chi connectivity index (χ1n) is 4.83. The monoisotopic (exact) mass is 253 g/mol. The van der Waals surface area contributed by atoms with Crippen LogP contribution in [-0.4, -0.2) is 13.6 Å². The van der Waals surface area contributed by atoms with Crippen LogP contribution in [0, 0.1) is 0 Å². The summed E-state index contributed by atoms with van der Waals surface area (Å²) in [4.78, 5) is 0. The van der Waals surface area contributed by atoms with E-state index in [-0.39, 0.29) is 0 Å². The van der Waals surface area contributed by atoms with Gasteiger partial charge in [0.2, 0.25) is 0 Å². The van der Waals surface area contributed by atoms with E-state index < -0.39 is 0 Å². The third-order valence-corrected chi connectivity index (χ3v) is 2.66. The maximum absolute atomic E-state index is 3.48. The molecule has 2 heteroatoms. The van der Waals surface area contributed by atoms with Crippen molar-refractivity contribution >= 4 is 22.0 Å². The molecule has 1 N–H and O–H groups in total. The summed E-state index contributed by atoms with van der Waals surface area (Å²) in [6, 6.07) is 8.43. The number of nitrogens with one attached hydrogen (secondary N) is 1. The van der Waals surface area contributed by atoms with E-state index in [1.165, 1.54) is 11.1 Å². The molecule has 1 aromatic rings. The minimum absolute atomic E-state index is 0.916. The van der Waals surface area contributed by atoms with Crippen molar-refractivity contribution in [1.82, 2.24) is 5.32 Å². The second kappa shape index (κ2) is 6.80. The van der Waals surface area contributed by atoms with Gasteiger partial charge in [-0.1, -0.05) is 52.3 Å². The Labute approximate surface area is 94.3 Å². The number of benzene rings is 1. The molecule has 0 aliphatic rings. The largest absolute Gasteiger partial charge is 0.319 e. The van der Waals surface area contributed by atoms with Gasteiger partial charge in [-0.15, -0.1) is 0 Å². The molecule has 0 aromatic heterocycles. The van der Waals surface area contributed by atoms with Crippen molar-refractivity contribution in [2.75, 3.05) is 13.6 Å². The number of rotatable bonds is 5. The average Bonchev–Trinajstić information content (AvgIpc) is 2.25. The van der Waals surface area contributed by atoms with Gasteiger partial charge in [0, 0.05) is 5.33 Å². The summed E-state index contributed by atoms with van der Waals surface area (Å²) in [6.07, 6.45) is 5.47. The van der Waals surface area contributed by atoms with Crippen LogP contribution in [0.15, 0.2) is 30.3 Å². The van der Waals surface area contributed by atoms with Crippen molar-refractivity contribution in [1.29, 1.82) is 0 Å². The predicted octanol–water partition coefficient (Wildman–Crippen LogP) is 3.20. The summed E-state index contributed by atoms with van der Waals surface area (Å²) in [5.74, 6) is 0. The van der Waals surface area contributed by atoms with Gasteiger partial charge in [-0.25, -0.2) is 0 Å².